The largest absolute Gasteiger partial charge is 0.480 e. The maximum Gasteiger partial charge on any atom is 0.329 e. The number of ether oxygens (including phenoxy) is 2. The Morgan fingerprint density at radius 3 is 2.24 bits per heavy atom. The lowest BCUT2D eigenvalue weighted by atomic mass is 9.96. The highest BCUT2D eigenvalue weighted by molar-refractivity contribution is 5.81. The van der Waals surface area contributed by atoms with Gasteiger partial charge in [-0.05, 0) is 0 Å². The molecule has 0 aliphatic heterocycles. The quantitative estimate of drug-likeness (QED) is 0.601. The minimum atomic E-state index is -0.998. The smallest absolute Gasteiger partial charge is 0.329 e. The Bertz CT molecular complexity index is 247. The van der Waals surface area contributed by atoms with E-state index in [-0.39, 0.29) is 19.1 Å². The molecule has 100 valence electrons. The zero-order chi connectivity index (χ0) is 13.3. The van der Waals surface area contributed by atoms with Crippen molar-refractivity contribution in [2.45, 2.75) is 20.8 Å². The van der Waals surface area contributed by atoms with Crippen LogP contribution in [0.3, 0.4) is 0 Å². The van der Waals surface area contributed by atoms with E-state index in [0.717, 1.165) is 0 Å². The third-order valence-corrected chi connectivity index (χ3v) is 1.81. The maximum atomic E-state index is 11.4. The average Bonchev–Trinajstić information content (AvgIpc) is 2.19. The van der Waals surface area contributed by atoms with E-state index in [4.69, 9.17) is 14.6 Å². The molecule has 0 saturated heterocycles. The molecule has 1 amide bonds. The molecule has 0 bridgehead atoms. The monoisotopic (exact) mass is 247 g/mol. The predicted molar refractivity (Wildman–Crippen MR) is 61.7 cm³/mol. The van der Waals surface area contributed by atoms with Crippen LogP contribution < -0.4 is 5.32 Å². The number of carbonyl (C=O) groups excluding carboxylic acids is 1. The molecule has 0 fully saturated rings. The van der Waals surface area contributed by atoms with Gasteiger partial charge in [0.15, 0.2) is 0 Å². The molecule has 0 spiro atoms. The molecular formula is C11H21NO5. The van der Waals surface area contributed by atoms with Gasteiger partial charge in [0.25, 0.3) is 0 Å². The SMILES string of the molecule is CC(C)(C)C(=O)NCCOCCOCC(=O)O. The molecule has 2 N–H and O–H groups in total. The van der Waals surface area contributed by atoms with E-state index in [1.807, 2.05) is 20.8 Å². The molecule has 0 saturated carbocycles. The molecule has 0 unspecified atom stereocenters. The second-order valence-corrected chi connectivity index (χ2v) is 4.56. The van der Waals surface area contributed by atoms with Crippen molar-refractivity contribution in [3.8, 4) is 0 Å². The van der Waals surface area contributed by atoms with Crippen LogP contribution in [0.25, 0.3) is 0 Å². The zero-order valence-electron chi connectivity index (χ0n) is 10.6. The van der Waals surface area contributed by atoms with Gasteiger partial charge < -0.3 is 19.9 Å². The fourth-order valence-corrected chi connectivity index (χ4v) is 0.881. The van der Waals surface area contributed by atoms with Crippen LogP contribution in [-0.4, -0.2) is 50.0 Å². The van der Waals surface area contributed by atoms with E-state index in [1.165, 1.54) is 0 Å². The lowest BCUT2D eigenvalue weighted by molar-refractivity contribution is -0.142. The highest BCUT2D eigenvalue weighted by Crippen LogP contribution is 2.11. The number of rotatable bonds is 8. The normalized spacial score (nSPS) is 11.2. The summed E-state index contributed by atoms with van der Waals surface area (Å²) in [4.78, 5) is 21.5. The van der Waals surface area contributed by atoms with Crippen molar-refractivity contribution in [3.05, 3.63) is 0 Å². The summed E-state index contributed by atoms with van der Waals surface area (Å²) in [6.07, 6.45) is 0. The van der Waals surface area contributed by atoms with Gasteiger partial charge in [-0.2, -0.15) is 0 Å². The van der Waals surface area contributed by atoms with Crippen LogP contribution in [0.5, 0.6) is 0 Å². The molecule has 0 aromatic rings. The Morgan fingerprint density at radius 2 is 1.71 bits per heavy atom. The van der Waals surface area contributed by atoms with E-state index >= 15 is 0 Å². The van der Waals surface area contributed by atoms with Gasteiger partial charge in [0, 0.05) is 12.0 Å². The Morgan fingerprint density at radius 1 is 1.12 bits per heavy atom. The van der Waals surface area contributed by atoms with E-state index < -0.39 is 11.4 Å². The molecule has 0 radical (unpaired) electrons. The standard InChI is InChI=1S/C11H21NO5/c1-11(2,3)10(15)12-4-5-16-6-7-17-8-9(13)14/h4-8H2,1-3H3,(H,12,15)(H,13,14). The van der Waals surface area contributed by atoms with Crippen LogP contribution in [0, 0.1) is 5.41 Å². The molecule has 0 aliphatic rings. The Kier molecular flexibility index (Phi) is 7.49. The van der Waals surface area contributed by atoms with Crippen molar-refractivity contribution in [2.24, 2.45) is 5.41 Å². The van der Waals surface area contributed by atoms with E-state index in [0.29, 0.717) is 19.8 Å². The number of carboxylic acid groups (broad SMARTS) is 1. The molecule has 0 heterocycles. The first-order chi connectivity index (χ1) is 7.84. The van der Waals surface area contributed by atoms with Gasteiger partial charge in [-0.1, -0.05) is 20.8 Å². The number of amides is 1. The van der Waals surface area contributed by atoms with Crippen molar-refractivity contribution in [2.75, 3.05) is 33.0 Å². The van der Waals surface area contributed by atoms with Crippen molar-refractivity contribution in [1.82, 2.24) is 5.32 Å². The minimum Gasteiger partial charge on any atom is -0.480 e. The minimum absolute atomic E-state index is 0.0248. The maximum absolute atomic E-state index is 11.4. The number of hydrogen-bond donors (Lipinski definition) is 2. The van der Waals surface area contributed by atoms with Gasteiger partial charge in [0.05, 0.1) is 19.8 Å². The summed E-state index contributed by atoms with van der Waals surface area (Å²) < 4.78 is 9.91. The Balaban J connectivity index is 3.30. The topological polar surface area (TPSA) is 84.9 Å². The predicted octanol–water partition coefficient (Wildman–Crippen LogP) is 0.267. The van der Waals surface area contributed by atoms with Crippen molar-refractivity contribution < 1.29 is 24.2 Å². The van der Waals surface area contributed by atoms with Gasteiger partial charge >= 0.3 is 5.97 Å². The van der Waals surface area contributed by atoms with Crippen molar-refractivity contribution >= 4 is 11.9 Å². The van der Waals surface area contributed by atoms with Crippen molar-refractivity contribution in [3.63, 3.8) is 0 Å². The summed E-state index contributed by atoms with van der Waals surface area (Å²) in [5, 5.41) is 11.0. The Labute approximate surface area is 101 Å². The number of carboxylic acids is 1. The summed E-state index contributed by atoms with van der Waals surface area (Å²) >= 11 is 0. The fourth-order valence-electron chi connectivity index (χ4n) is 0.881. The second-order valence-electron chi connectivity index (χ2n) is 4.56. The second kappa shape index (κ2) is 8.03. The Hall–Kier alpha value is -1.14. The molecule has 0 aliphatic carbocycles. The third kappa shape index (κ3) is 9.77. The molecule has 0 aromatic carbocycles. The lowest BCUT2D eigenvalue weighted by Crippen LogP contribution is -2.36. The number of carbonyl (C=O) groups is 2. The van der Waals surface area contributed by atoms with Crippen LogP contribution in [0.4, 0.5) is 0 Å². The number of nitrogens with one attached hydrogen (secondary N) is 1. The highest BCUT2D eigenvalue weighted by atomic mass is 16.5. The molecule has 0 aromatic heterocycles. The van der Waals surface area contributed by atoms with Gasteiger partial charge in [-0.3, -0.25) is 4.79 Å². The first-order valence-electron chi connectivity index (χ1n) is 5.49. The molecular weight excluding hydrogens is 226 g/mol. The summed E-state index contributed by atoms with van der Waals surface area (Å²) in [5.74, 6) is -1.02. The molecule has 17 heavy (non-hydrogen) atoms. The van der Waals surface area contributed by atoms with Crippen LogP contribution in [0.1, 0.15) is 20.8 Å². The highest BCUT2D eigenvalue weighted by Gasteiger charge is 2.20. The van der Waals surface area contributed by atoms with Gasteiger partial charge in [-0.15, -0.1) is 0 Å². The third-order valence-electron chi connectivity index (χ3n) is 1.81. The van der Waals surface area contributed by atoms with E-state index in [2.05, 4.69) is 5.32 Å². The van der Waals surface area contributed by atoms with E-state index in [9.17, 15) is 9.59 Å². The molecule has 6 heteroatoms. The summed E-state index contributed by atoms with van der Waals surface area (Å²) in [6, 6.07) is 0. The van der Waals surface area contributed by atoms with Crippen LogP contribution in [0.15, 0.2) is 0 Å². The summed E-state index contributed by atoms with van der Waals surface area (Å²) in [5.41, 5.74) is -0.398. The first-order valence-corrected chi connectivity index (χ1v) is 5.49. The van der Waals surface area contributed by atoms with Crippen LogP contribution >= 0.6 is 0 Å². The lowest BCUT2D eigenvalue weighted by Gasteiger charge is -2.17. The zero-order valence-corrected chi connectivity index (χ0v) is 10.6. The molecule has 0 rings (SSSR count). The van der Waals surface area contributed by atoms with Gasteiger partial charge in [-0.25, -0.2) is 4.79 Å². The average molecular weight is 247 g/mol. The van der Waals surface area contributed by atoms with Crippen LogP contribution in [0.2, 0.25) is 0 Å². The summed E-state index contributed by atoms with van der Waals surface area (Å²) in [7, 11) is 0. The number of hydrogen-bond acceptors (Lipinski definition) is 4. The van der Waals surface area contributed by atoms with Gasteiger partial charge in [0.1, 0.15) is 6.61 Å². The van der Waals surface area contributed by atoms with Crippen LogP contribution in [-0.2, 0) is 19.1 Å². The summed E-state index contributed by atoms with van der Waals surface area (Å²) in [6.45, 7) is 6.57. The van der Waals surface area contributed by atoms with Gasteiger partial charge in [0.2, 0.25) is 5.91 Å². The molecule has 6 nitrogen and oxygen atoms in total. The van der Waals surface area contributed by atoms with E-state index in [1.54, 1.807) is 0 Å². The molecule has 0 atom stereocenters. The van der Waals surface area contributed by atoms with Crippen molar-refractivity contribution in [1.29, 1.82) is 0 Å². The fraction of sp³-hybridized carbons (Fsp3) is 0.818. The first kappa shape index (κ1) is 15.9. The number of aliphatic carboxylic acids is 1.